The van der Waals surface area contributed by atoms with Crippen LogP contribution in [0.5, 0.6) is 0 Å². The van der Waals surface area contributed by atoms with Gasteiger partial charge in [0, 0.05) is 51.1 Å². The van der Waals surface area contributed by atoms with E-state index in [-0.39, 0.29) is 11.8 Å². The average molecular weight is 379 g/mol. The molecule has 7 heteroatoms. The topological polar surface area (TPSA) is 65.5 Å². The van der Waals surface area contributed by atoms with E-state index in [1.54, 1.807) is 6.20 Å². The van der Waals surface area contributed by atoms with Crippen molar-refractivity contribution >= 4 is 29.4 Å². The molecule has 2 amide bonds. The maximum absolute atomic E-state index is 12.1. The van der Waals surface area contributed by atoms with Crippen LogP contribution in [0.2, 0.25) is 0 Å². The Balaban J connectivity index is 1.80. The summed E-state index contributed by atoms with van der Waals surface area (Å²) in [7, 11) is 0. The van der Waals surface area contributed by atoms with Crippen LogP contribution in [0.25, 0.3) is 0 Å². The number of aromatic nitrogens is 1. The second-order valence-electron chi connectivity index (χ2n) is 6.33. The van der Waals surface area contributed by atoms with Crippen LogP contribution in [0, 0.1) is 0 Å². The molecule has 2 heterocycles. The molecule has 1 fully saturated rings. The van der Waals surface area contributed by atoms with Crippen molar-refractivity contribution in [1.29, 1.82) is 0 Å². The number of hydrogen-bond acceptors (Lipinski definition) is 5. The van der Waals surface area contributed by atoms with Crippen molar-refractivity contribution in [2.45, 2.75) is 33.1 Å². The van der Waals surface area contributed by atoms with Crippen LogP contribution in [0.4, 0.5) is 5.82 Å². The van der Waals surface area contributed by atoms with E-state index in [1.165, 1.54) is 0 Å². The van der Waals surface area contributed by atoms with E-state index < -0.39 is 0 Å². The van der Waals surface area contributed by atoms with E-state index in [4.69, 9.17) is 0 Å². The van der Waals surface area contributed by atoms with Crippen LogP contribution < -0.4 is 10.2 Å². The highest BCUT2D eigenvalue weighted by atomic mass is 32.2. The third-order valence-corrected chi connectivity index (χ3v) is 5.35. The van der Waals surface area contributed by atoms with Gasteiger partial charge in [0.15, 0.2) is 0 Å². The van der Waals surface area contributed by atoms with Crippen LogP contribution in [0.15, 0.2) is 18.3 Å². The Bertz CT molecular complexity index is 571. The predicted octanol–water partition coefficient (Wildman–Crippen LogP) is 2.40. The summed E-state index contributed by atoms with van der Waals surface area (Å²) in [5.41, 5.74) is 0.587. The quantitative estimate of drug-likeness (QED) is 0.669. The lowest BCUT2D eigenvalue weighted by atomic mass is 10.2. The summed E-state index contributed by atoms with van der Waals surface area (Å²) in [5.74, 6) is 3.03. The maximum atomic E-state index is 12.1. The summed E-state index contributed by atoms with van der Waals surface area (Å²) >= 11 is 1.81. The highest BCUT2D eigenvalue weighted by Crippen LogP contribution is 2.15. The Kier molecular flexibility index (Phi) is 8.74. The smallest absolute Gasteiger partial charge is 0.252 e. The van der Waals surface area contributed by atoms with E-state index in [0.717, 1.165) is 56.3 Å². The fourth-order valence-corrected chi connectivity index (χ4v) is 3.40. The molecule has 0 spiro atoms. The lowest BCUT2D eigenvalue weighted by Crippen LogP contribution is -2.49. The van der Waals surface area contributed by atoms with Gasteiger partial charge < -0.3 is 15.1 Å². The maximum Gasteiger partial charge on any atom is 0.252 e. The minimum atomic E-state index is -0.0768. The second kappa shape index (κ2) is 11.1. The second-order valence-corrected chi connectivity index (χ2v) is 7.72. The number of anilines is 1. The predicted molar refractivity (Wildman–Crippen MR) is 108 cm³/mol. The van der Waals surface area contributed by atoms with Crippen molar-refractivity contribution < 1.29 is 9.59 Å². The van der Waals surface area contributed by atoms with Gasteiger partial charge in [-0.05, 0) is 24.3 Å². The van der Waals surface area contributed by atoms with Gasteiger partial charge in [0.1, 0.15) is 5.82 Å². The Morgan fingerprint density at radius 2 is 1.96 bits per heavy atom. The first-order valence-electron chi connectivity index (χ1n) is 9.50. The molecule has 1 aliphatic rings. The summed E-state index contributed by atoms with van der Waals surface area (Å²) in [6.45, 7) is 7.92. The molecule has 0 saturated carbocycles. The van der Waals surface area contributed by atoms with Crippen molar-refractivity contribution in [3.05, 3.63) is 23.9 Å². The van der Waals surface area contributed by atoms with Crippen LogP contribution >= 0.6 is 11.8 Å². The Morgan fingerprint density at radius 3 is 2.58 bits per heavy atom. The number of unbranched alkanes of at least 4 members (excludes halogenated alkanes) is 1. The molecule has 0 radical (unpaired) electrons. The molecule has 6 nitrogen and oxygen atoms in total. The standard InChI is InChI=1S/C19H30N4O2S/c1-3-5-6-18(24)23-12-10-22(11-13-23)17-8-7-16(15-21-17)19(25)20-9-14-26-4-2/h7-8,15H,3-6,9-14H2,1-2H3,(H,20,25). The van der Waals surface area contributed by atoms with Crippen LogP contribution in [0.1, 0.15) is 43.5 Å². The van der Waals surface area contributed by atoms with E-state index in [2.05, 4.69) is 29.0 Å². The van der Waals surface area contributed by atoms with Gasteiger partial charge in [-0.3, -0.25) is 9.59 Å². The minimum absolute atomic E-state index is 0.0768. The summed E-state index contributed by atoms with van der Waals surface area (Å²) in [6, 6.07) is 3.72. The molecule has 1 saturated heterocycles. The van der Waals surface area contributed by atoms with Gasteiger partial charge in [-0.1, -0.05) is 20.3 Å². The van der Waals surface area contributed by atoms with E-state index >= 15 is 0 Å². The number of piperazine rings is 1. The molecule has 1 aliphatic heterocycles. The molecule has 0 unspecified atom stereocenters. The molecule has 1 aromatic heterocycles. The lowest BCUT2D eigenvalue weighted by Gasteiger charge is -2.35. The highest BCUT2D eigenvalue weighted by molar-refractivity contribution is 7.99. The van der Waals surface area contributed by atoms with Crippen molar-refractivity contribution in [2.75, 3.05) is 49.1 Å². The number of hydrogen-bond donors (Lipinski definition) is 1. The third kappa shape index (κ3) is 6.20. The molecular formula is C19H30N4O2S. The number of nitrogens with zero attached hydrogens (tertiary/aromatic N) is 3. The zero-order valence-corrected chi connectivity index (χ0v) is 16.7. The zero-order chi connectivity index (χ0) is 18.8. The summed E-state index contributed by atoms with van der Waals surface area (Å²) in [5, 5.41) is 2.91. The van der Waals surface area contributed by atoms with Crippen molar-refractivity contribution in [1.82, 2.24) is 15.2 Å². The number of carbonyl (C=O) groups excluding carboxylic acids is 2. The minimum Gasteiger partial charge on any atom is -0.353 e. The van der Waals surface area contributed by atoms with Gasteiger partial charge in [0.2, 0.25) is 5.91 Å². The fourth-order valence-electron chi connectivity index (χ4n) is 2.86. The van der Waals surface area contributed by atoms with Gasteiger partial charge in [0.25, 0.3) is 5.91 Å². The van der Waals surface area contributed by atoms with Gasteiger partial charge in [-0.15, -0.1) is 0 Å². The van der Waals surface area contributed by atoms with E-state index in [9.17, 15) is 9.59 Å². The molecule has 1 aromatic rings. The van der Waals surface area contributed by atoms with Crippen LogP contribution in [0.3, 0.4) is 0 Å². The lowest BCUT2D eigenvalue weighted by molar-refractivity contribution is -0.131. The number of amides is 2. The molecule has 0 aliphatic carbocycles. The normalized spacial score (nSPS) is 14.4. The molecule has 1 N–H and O–H groups in total. The summed E-state index contributed by atoms with van der Waals surface area (Å²) in [4.78, 5) is 32.7. The summed E-state index contributed by atoms with van der Waals surface area (Å²) < 4.78 is 0. The fraction of sp³-hybridized carbons (Fsp3) is 0.632. The molecule has 26 heavy (non-hydrogen) atoms. The molecule has 0 aromatic carbocycles. The average Bonchev–Trinajstić information content (AvgIpc) is 2.69. The molecule has 144 valence electrons. The monoisotopic (exact) mass is 378 g/mol. The highest BCUT2D eigenvalue weighted by Gasteiger charge is 2.21. The molecule has 0 bridgehead atoms. The van der Waals surface area contributed by atoms with Crippen molar-refractivity contribution in [3.63, 3.8) is 0 Å². The largest absolute Gasteiger partial charge is 0.353 e. The van der Waals surface area contributed by atoms with Gasteiger partial charge in [-0.25, -0.2) is 4.98 Å². The van der Waals surface area contributed by atoms with Crippen LogP contribution in [-0.4, -0.2) is 65.9 Å². The SMILES string of the molecule is CCCCC(=O)N1CCN(c2ccc(C(=O)NCCSCC)cn2)CC1. The number of rotatable bonds is 9. The first kappa shape index (κ1) is 20.6. The van der Waals surface area contributed by atoms with Crippen molar-refractivity contribution in [3.8, 4) is 0 Å². The number of pyridine rings is 1. The van der Waals surface area contributed by atoms with E-state index in [0.29, 0.717) is 18.5 Å². The van der Waals surface area contributed by atoms with Gasteiger partial charge in [0.05, 0.1) is 5.56 Å². The zero-order valence-electron chi connectivity index (χ0n) is 15.9. The van der Waals surface area contributed by atoms with Gasteiger partial charge in [-0.2, -0.15) is 11.8 Å². The third-order valence-electron chi connectivity index (χ3n) is 4.45. The Morgan fingerprint density at radius 1 is 1.19 bits per heavy atom. The molecular weight excluding hydrogens is 348 g/mol. The van der Waals surface area contributed by atoms with Crippen molar-refractivity contribution in [2.24, 2.45) is 0 Å². The van der Waals surface area contributed by atoms with Crippen LogP contribution in [-0.2, 0) is 4.79 Å². The number of carbonyl (C=O) groups is 2. The van der Waals surface area contributed by atoms with Gasteiger partial charge >= 0.3 is 0 Å². The van der Waals surface area contributed by atoms with E-state index in [1.807, 2.05) is 28.8 Å². The number of thioether (sulfide) groups is 1. The summed E-state index contributed by atoms with van der Waals surface area (Å²) in [6.07, 6.45) is 4.29. The first-order valence-corrected chi connectivity index (χ1v) is 10.7. The molecule has 0 atom stereocenters. The Labute approximate surface area is 160 Å². The number of nitrogens with one attached hydrogen (secondary N) is 1. The Hall–Kier alpha value is -1.76. The first-order chi connectivity index (χ1) is 12.7. The molecule has 2 rings (SSSR count).